The first-order valence-electron chi connectivity index (χ1n) is 5.15. The molecule has 0 aromatic heterocycles. The third-order valence-electron chi connectivity index (χ3n) is 2.19. The number of terminal acetylenes is 1. The number of hydrogen-bond donors (Lipinski definition) is 1. The SMILES string of the molecule is C#CCCCCNc1cccc(F)c1C#N. The van der Waals surface area contributed by atoms with Crippen molar-refractivity contribution in [2.45, 2.75) is 19.3 Å². The second kappa shape index (κ2) is 6.48. The van der Waals surface area contributed by atoms with E-state index >= 15 is 0 Å². The van der Waals surface area contributed by atoms with Gasteiger partial charge in [0.1, 0.15) is 17.4 Å². The monoisotopic (exact) mass is 216 g/mol. The Kier molecular flexibility index (Phi) is 4.89. The Morgan fingerprint density at radius 2 is 2.19 bits per heavy atom. The lowest BCUT2D eigenvalue weighted by Gasteiger charge is -2.07. The van der Waals surface area contributed by atoms with E-state index in [-0.39, 0.29) is 5.56 Å². The molecule has 82 valence electrons. The molecule has 0 bridgehead atoms. The second-order valence-electron chi connectivity index (χ2n) is 3.36. The van der Waals surface area contributed by atoms with E-state index in [0.29, 0.717) is 12.2 Å². The quantitative estimate of drug-likeness (QED) is 0.606. The van der Waals surface area contributed by atoms with Gasteiger partial charge in [-0.05, 0) is 25.0 Å². The number of rotatable bonds is 5. The van der Waals surface area contributed by atoms with E-state index in [1.807, 2.05) is 6.07 Å². The van der Waals surface area contributed by atoms with Gasteiger partial charge in [0.05, 0.1) is 5.69 Å². The van der Waals surface area contributed by atoms with Gasteiger partial charge in [0.15, 0.2) is 0 Å². The van der Waals surface area contributed by atoms with E-state index < -0.39 is 5.82 Å². The molecule has 1 aromatic rings. The van der Waals surface area contributed by atoms with Crippen molar-refractivity contribution in [3.8, 4) is 18.4 Å². The second-order valence-corrected chi connectivity index (χ2v) is 3.36. The molecule has 0 atom stereocenters. The van der Waals surface area contributed by atoms with Gasteiger partial charge in [0.2, 0.25) is 0 Å². The molecule has 0 aliphatic carbocycles. The number of hydrogen-bond acceptors (Lipinski definition) is 2. The molecule has 16 heavy (non-hydrogen) atoms. The highest BCUT2D eigenvalue weighted by Gasteiger charge is 2.06. The van der Waals surface area contributed by atoms with Gasteiger partial charge >= 0.3 is 0 Å². The summed E-state index contributed by atoms with van der Waals surface area (Å²) < 4.78 is 13.2. The Hall–Kier alpha value is -2.00. The van der Waals surface area contributed by atoms with Crippen LogP contribution in [0.15, 0.2) is 18.2 Å². The molecular weight excluding hydrogens is 203 g/mol. The van der Waals surface area contributed by atoms with Crippen LogP contribution in [0.25, 0.3) is 0 Å². The highest BCUT2D eigenvalue weighted by Crippen LogP contribution is 2.17. The smallest absolute Gasteiger partial charge is 0.143 e. The average molecular weight is 216 g/mol. The Labute approximate surface area is 95.1 Å². The van der Waals surface area contributed by atoms with Crippen molar-refractivity contribution >= 4 is 5.69 Å². The van der Waals surface area contributed by atoms with E-state index in [2.05, 4.69) is 11.2 Å². The van der Waals surface area contributed by atoms with Crippen LogP contribution in [0, 0.1) is 29.5 Å². The lowest BCUT2D eigenvalue weighted by molar-refractivity contribution is 0.624. The predicted molar refractivity (Wildman–Crippen MR) is 62.3 cm³/mol. The molecule has 0 radical (unpaired) electrons. The molecule has 0 heterocycles. The summed E-state index contributed by atoms with van der Waals surface area (Å²) in [6, 6.07) is 6.41. The first-order valence-corrected chi connectivity index (χ1v) is 5.15. The number of nitriles is 1. The highest BCUT2D eigenvalue weighted by atomic mass is 19.1. The fourth-order valence-corrected chi connectivity index (χ4v) is 1.36. The zero-order chi connectivity index (χ0) is 11.8. The summed E-state index contributed by atoms with van der Waals surface area (Å²) in [7, 11) is 0. The minimum absolute atomic E-state index is 0.0689. The molecule has 2 nitrogen and oxygen atoms in total. The molecule has 1 rings (SSSR count). The standard InChI is InChI=1S/C13H13FN2/c1-2-3-4-5-9-16-13-8-6-7-12(14)11(13)10-15/h1,6-8,16H,3-5,9H2. The summed E-state index contributed by atoms with van der Waals surface area (Å²) in [6.07, 6.45) is 7.71. The molecule has 1 aromatic carbocycles. The Balaban J connectivity index is 2.52. The number of nitrogens with one attached hydrogen (secondary N) is 1. The first-order chi connectivity index (χ1) is 7.79. The van der Waals surface area contributed by atoms with Crippen molar-refractivity contribution in [1.82, 2.24) is 0 Å². The van der Waals surface area contributed by atoms with Crippen LogP contribution in [0.1, 0.15) is 24.8 Å². The maximum Gasteiger partial charge on any atom is 0.143 e. The minimum atomic E-state index is -0.490. The van der Waals surface area contributed by atoms with Gasteiger partial charge in [-0.25, -0.2) is 4.39 Å². The normalized spacial score (nSPS) is 9.19. The van der Waals surface area contributed by atoms with Gasteiger partial charge in [0, 0.05) is 13.0 Å². The van der Waals surface area contributed by atoms with Crippen LogP contribution < -0.4 is 5.32 Å². The van der Waals surface area contributed by atoms with Crippen molar-refractivity contribution in [3.05, 3.63) is 29.6 Å². The summed E-state index contributed by atoms with van der Waals surface area (Å²) >= 11 is 0. The van der Waals surface area contributed by atoms with Crippen molar-refractivity contribution in [2.24, 2.45) is 0 Å². The molecule has 0 aliphatic heterocycles. The van der Waals surface area contributed by atoms with Crippen LogP contribution >= 0.6 is 0 Å². The fraction of sp³-hybridized carbons (Fsp3) is 0.308. The van der Waals surface area contributed by atoms with Crippen LogP contribution in [0.2, 0.25) is 0 Å². The summed E-state index contributed by atoms with van der Waals surface area (Å²) in [5.74, 6) is 2.07. The molecule has 0 unspecified atom stereocenters. The third kappa shape index (κ3) is 3.29. The van der Waals surface area contributed by atoms with E-state index in [1.165, 1.54) is 6.07 Å². The molecule has 0 saturated heterocycles. The third-order valence-corrected chi connectivity index (χ3v) is 2.19. The van der Waals surface area contributed by atoms with Crippen LogP contribution in [0.3, 0.4) is 0 Å². The molecule has 0 saturated carbocycles. The number of halogens is 1. The lowest BCUT2D eigenvalue weighted by atomic mass is 10.1. The van der Waals surface area contributed by atoms with Crippen LogP contribution in [-0.2, 0) is 0 Å². The van der Waals surface area contributed by atoms with Crippen molar-refractivity contribution in [3.63, 3.8) is 0 Å². The van der Waals surface area contributed by atoms with Crippen molar-refractivity contribution in [1.29, 1.82) is 5.26 Å². The van der Waals surface area contributed by atoms with Gasteiger partial charge in [-0.1, -0.05) is 6.07 Å². The molecule has 1 N–H and O–H groups in total. The summed E-state index contributed by atoms with van der Waals surface area (Å²) in [4.78, 5) is 0. The maximum absolute atomic E-state index is 13.2. The maximum atomic E-state index is 13.2. The molecule has 0 amide bonds. The first kappa shape index (κ1) is 12.1. The summed E-state index contributed by atoms with van der Waals surface area (Å²) in [5, 5.41) is 11.8. The molecule has 0 spiro atoms. The van der Waals surface area contributed by atoms with Gasteiger partial charge in [0.25, 0.3) is 0 Å². The zero-order valence-electron chi connectivity index (χ0n) is 8.96. The van der Waals surface area contributed by atoms with Gasteiger partial charge in [-0.2, -0.15) is 5.26 Å². The van der Waals surface area contributed by atoms with Gasteiger partial charge in [-0.3, -0.25) is 0 Å². The van der Waals surface area contributed by atoms with Gasteiger partial charge < -0.3 is 5.32 Å². The number of benzene rings is 1. The van der Waals surface area contributed by atoms with E-state index in [9.17, 15) is 4.39 Å². The van der Waals surface area contributed by atoms with Crippen LogP contribution in [0.5, 0.6) is 0 Å². The van der Waals surface area contributed by atoms with Crippen molar-refractivity contribution < 1.29 is 4.39 Å². The van der Waals surface area contributed by atoms with E-state index in [4.69, 9.17) is 11.7 Å². The topological polar surface area (TPSA) is 35.8 Å². The minimum Gasteiger partial charge on any atom is -0.384 e. The largest absolute Gasteiger partial charge is 0.384 e. The van der Waals surface area contributed by atoms with Crippen molar-refractivity contribution in [2.75, 3.05) is 11.9 Å². The Morgan fingerprint density at radius 1 is 1.38 bits per heavy atom. The number of anilines is 1. The molecule has 3 heteroatoms. The molecular formula is C13H13FN2. The van der Waals surface area contributed by atoms with E-state index in [0.717, 1.165) is 19.3 Å². The van der Waals surface area contributed by atoms with Crippen LogP contribution in [0.4, 0.5) is 10.1 Å². The summed E-state index contributed by atoms with van der Waals surface area (Å²) in [6.45, 7) is 0.694. The average Bonchev–Trinajstić information content (AvgIpc) is 2.29. The molecule has 0 aliphatic rings. The van der Waals surface area contributed by atoms with Gasteiger partial charge in [-0.15, -0.1) is 12.3 Å². The Morgan fingerprint density at radius 3 is 2.88 bits per heavy atom. The predicted octanol–water partition coefficient (Wildman–Crippen LogP) is 2.91. The summed E-state index contributed by atoms with van der Waals surface area (Å²) in [5.41, 5.74) is 0.614. The fourth-order valence-electron chi connectivity index (χ4n) is 1.36. The van der Waals surface area contributed by atoms with Crippen LogP contribution in [-0.4, -0.2) is 6.54 Å². The Bertz CT molecular complexity index is 427. The van der Waals surface area contributed by atoms with E-state index in [1.54, 1.807) is 12.1 Å². The highest BCUT2D eigenvalue weighted by molar-refractivity contribution is 5.57. The number of unbranched alkanes of at least 4 members (excludes halogenated alkanes) is 2. The number of nitrogens with zero attached hydrogens (tertiary/aromatic N) is 1. The molecule has 0 fully saturated rings. The lowest BCUT2D eigenvalue weighted by Crippen LogP contribution is -2.04. The zero-order valence-corrected chi connectivity index (χ0v) is 8.96.